The van der Waals surface area contributed by atoms with Gasteiger partial charge in [-0.1, -0.05) is 29.4 Å². The van der Waals surface area contributed by atoms with Crippen LogP contribution in [0.25, 0.3) is 0 Å². The molecule has 3 rings (SSSR count). The maximum Gasteiger partial charge on any atom is 0.291 e. The van der Waals surface area contributed by atoms with E-state index in [1.54, 1.807) is 36.4 Å². The van der Waals surface area contributed by atoms with Gasteiger partial charge in [0.1, 0.15) is 5.76 Å². The molecule has 128 valence electrons. The first kappa shape index (κ1) is 17.5. The minimum atomic E-state index is -0.318. The van der Waals surface area contributed by atoms with Crippen LogP contribution in [0.15, 0.2) is 52.0 Å². The molecule has 0 atom stereocenters. The molecule has 5 nitrogen and oxygen atoms in total. The Bertz CT molecular complexity index is 891. The lowest BCUT2D eigenvalue weighted by atomic mass is 10.3. The molecule has 25 heavy (non-hydrogen) atoms. The van der Waals surface area contributed by atoms with E-state index in [4.69, 9.17) is 16.0 Å². The second-order valence-corrected chi connectivity index (χ2v) is 6.83. The third-order valence-electron chi connectivity index (χ3n) is 3.27. The summed E-state index contributed by atoms with van der Waals surface area (Å²) in [5, 5.41) is 4.00. The first-order valence-corrected chi connectivity index (χ1v) is 8.97. The summed E-state index contributed by atoms with van der Waals surface area (Å²) in [5.41, 5.74) is 2.47. The maximum absolute atomic E-state index is 12.2. The highest BCUT2D eigenvalue weighted by Gasteiger charge is 2.12. The molecule has 0 saturated heterocycles. The van der Waals surface area contributed by atoms with Gasteiger partial charge in [0.25, 0.3) is 5.91 Å². The number of hydrogen-bond acceptors (Lipinski definition) is 5. The van der Waals surface area contributed by atoms with Crippen LogP contribution < -0.4 is 5.32 Å². The number of carbonyl (C=O) groups excluding carboxylic acids is 1. The van der Waals surface area contributed by atoms with Crippen LogP contribution in [0, 0.1) is 13.8 Å². The van der Waals surface area contributed by atoms with E-state index in [9.17, 15) is 4.79 Å². The van der Waals surface area contributed by atoms with Gasteiger partial charge >= 0.3 is 0 Å². The minimum absolute atomic E-state index is 0.247. The molecular weight excluding hydrogens is 358 g/mol. The molecule has 0 aliphatic rings. The Morgan fingerprint density at radius 3 is 2.64 bits per heavy atom. The molecule has 0 radical (unpaired) electrons. The molecule has 3 aromatic rings. The standard InChI is InChI=1S/C18H16ClN3O2S/c1-11-8-12(2)21-18(20-11)25-10-15-6-7-16(24-15)17(23)22-14-5-3-4-13(19)9-14/h3-9H,10H2,1-2H3,(H,22,23). The molecule has 2 heterocycles. The van der Waals surface area contributed by atoms with Gasteiger partial charge in [-0.25, -0.2) is 9.97 Å². The van der Waals surface area contributed by atoms with Crippen molar-refractivity contribution in [1.82, 2.24) is 9.97 Å². The average molecular weight is 374 g/mol. The fourth-order valence-corrected chi connectivity index (χ4v) is 3.26. The van der Waals surface area contributed by atoms with Crippen molar-refractivity contribution in [3.63, 3.8) is 0 Å². The van der Waals surface area contributed by atoms with Gasteiger partial charge in [0.05, 0.1) is 5.75 Å². The number of nitrogens with zero attached hydrogens (tertiary/aromatic N) is 2. The SMILES string of the molecule is Cc1cc(C)nc(SCc2ccc(C(=O)Nc3cccc(Cl)c3)o2)n1. The van der Waals surface area contributed by atoms with Gasteiger partial charge in [-0.2, -0.15) is 0 Å². The number of aryl methyl sites for hydroxylation is 2. The van der Waals surface area contributed by atoms with Gasteiger partial charge in [-0.05, 0) is 50.2 Å². The van der Waals surface area contributed by atoms with Crippen molar-refractivity contribution in [2.75, 3.05) is 5.32 Å². The van der Waals surface area contributed by atoms with Gasteiger partial charge in [0.15, 0.2) is 10.9 Å². The molecule has 1 N–H and O–H groups in total. The fourth-order valence-electron chi connectivity index (χ4n) is 2.23. The topological polar surface area (TPSA) is 68.0 Å². The molecular formula is C18H16ClN3O2S. The number of amides is 1. The van der Waals surface area contributed by atoms with Crippen molar-refractivity contribution < 1.29 is 9.21 Å². The predicted octanol–water partition coefficient (Wildman–Crippen LogP) is 4.88. The molecule has 0 bridgehead atoms. The molecule has 0 aliphatic heterocycles. The zero-order valence-electron chi connectivity index (χ0n) is 13.7. The molecule has 2 aromatic heterocycles. The second kappa shape index (κ2) is 7.72. The Balaban J connectivity index is 1.62. The van der Waals surface area contributed by atoms with Crippen LogP contribution in [0.1, 0.15) is 27.7 Å². The Kier molecular flexibility index (Phi) is 5.40. The summed E-state index contributed by atoms with van der Waals surface area (Å²) < 4.78 is 5.61. The fraction of sp³-hybridized carbons (Fsp3) is 0.167. The van der Waals surface area contributed by atoms with E-state index in [0.29, 0.717) is 27.4 Å². The monoisotopic (exact) mass is 373 g/mol. The highest BCUT2D eigenvalue weighted by atomic mass is 35.5. The minimum Gasteiger partial charge on any atom is -0.455 e. The zero-order chi connectivity index (χ0) is 17.8. The number of hydrogen-bond donors (Lipinski definition) is 1. The number of carbonyl (C=O) groups is 1. The van der Waals surface area contributed by atoms with Gasteiger partial charge in [-0.15, -0.1) is 0 Å². The van der Waals surface area contributed by atoms with Crippen LogP contribution in [0.5, 0.6) is 0 Å². The summed E-state index contributed by atoms with van der Waals surface area (Å²) in [6, 6.07) is 12.3. The molecule has 0 fully saturated rings. The highest BCUT2D eigenvalue weighted by molar-refractivity contribution is 7.98. The van der Waals surface area contributed by atoms with Crippen molar-refractivity contribution in [2.24, 2.45) is 0 Å². The molecule has 7 heteroatoms. The third kappa shape index (κ3) is 4.84. The van der Waals surface area contributed by atoms with Gasteiger partial charge in [0, 0.05) is 22.1 Å². The smallest absolute Gasteiger partial charge is 0.291 e. The number of aromatic nitrogens is 2. The molecule has 0 aliphatic carbocycles. The van der Waals surface area contributed by atoms with Crippen molar-refractivity contribution in [1.29, 1.82) is 0 Å². The molecule has 0 saturated carbocycles. The lowest BCUT2D eigenvalue weighted by molar-refractivity contribution is 0.0995. The van der Waals surface area contributed by atoms with E-state index >= 15 is 0 Å². The van der Waals surface area contributed by atoms with Crippen LogP contribution in [-0.2, 0) is 5.75 Å². The summed E-state index contributed by atoms with van der Waals surface area (Å²) in [7, 11) is 0. The summed E-state index contributed by atoms with van der Waals surface area (Å²) in [6.45, 7) is 3.87. The number of rotatable bonds is 5. The third-order valence-corrected chi connectivity index (χ3v) is 4.38. The zero-order valence-corrected chi connectivity index (χ0v) is 15.3. The van der Waals surface area contributed by atoms with Crippen molar-refractivity contribution in [2.45, 2.75) is 24.8 Å². The van der Waals surface area contributed by atoms with Crippen molar-refractivity contribution >= 4 is 35.0 Å². The normalized spacial score (nSPS) is 10.7. The van der Waals surface area contributed by atoms with E-state index in [-0.39, 0.29) is 11.7 Å². The number of halogens is 1. The van der Waals surface area contributed by atoms with E-state index in [2.05, 4.69) is 15.3 Å². The number of benzene rings is 1. The first-order valence-electron chi connectivity index (χ1n) is 7.60. The Morgan fingerprint density at radius 2 is 1.92 bits per heavy atom. The molecule has 0 spiro atoms. The number of anilines is 1. The second-order valence-electron chi connectivity index (χ2n) is 5.45. The summed E-state index contributed by atoms with van der Waals surface area (Å²) in [6.07, 6.45) is 0. The predicted molar refractivity (Wildman–Crippen MR) is 99.2 cm³/mol. The van der Waals surface area contributed by atoms with Gasteiger partial charge < -0.3 is 9.73 Å². The largest absolute Gasteiger partial charge is 0.455 e. The molecule has 1 aromatic carbocycles. The Morgan fingerprint density at radius 1 is 1.16 bits per heavy atom. The lowest BCUT2D eigenvalue weighted by Gasteiger charge is -2.03. The van der Waals surface area contributed by atoms with Crippen LogP contribution in [0.3, 0.4) is 0 Å². The van der Waals surface area contributed by atoms with Gasteiger partial charge in [-0.3, -0.25) is 4.79 Å². The van der Waals surface area contributed by atoms with Crippen LogP contribution in [0.4, 0.5) is 5.69 Å². The molecule has 0 unspecified atom stereocenters. The van der Waals surface area contributed by atoms with E-state index in [0.717, 1.165) is 11.4 Å². The summed E-state index contributed by atoms with van der Waals surface area (Å²) in [5.74, 6) is 1.16. The number of nitrogens with one attached hydrogen (secondary N) is 1. The van der Waals surface area contributed by atoms with Crippen molar-refractivity contribution in [3.05, 3.63) is 70.4 Å². The van der Waals surface area contributed by atoms with E-state index in [1.165, 1.54) is 11.8 Å². The van der Waals surface area contributed by atoms with Crippen molar-refractivity contribution in [3.8, 4) is 0 Å². The van der Waals surface area contributed by atoms with Crippen LogP contribution >= 0.6 is 23.4 Å². The number of thioether (sulfide) groups is 1. The summed E-state index contributed by atoms with van der Waals surface area (Å²) >= 11 is 7.38. The Labute approximate surface area is 154 Å². The van der Waals surface area contributed by atoms with E-state index < -0.39 is 0 Å². The average Bonchev–Trinajstić information content (AvgIpc) is 3.01. The number of furan rings is 1. The van der Waals surface area contributed by atoms with Gasteiger partial charge in [0.2, 0.25) is 0 Å². The van der Waals surface area contributed by atoms with Crippen LogP contribution in [0.2, 0.25) is 5.02 Å². The van der Waals surface area contributed by atoms with Crippen LogP contribution in [-0.4, -0.2) is 15.9 Å². The highest BCUT2D eigenvalue weighted by Crippen LogP contribution is 2.22. The first-order chi connectivity index (χ1) is 12.0. The Hall–Kier alpha value is -2.31. The quantitative estimate of drug-likeness (QED) is 0.509. The van der Waals surface area contributed by atoms with E-state index in [1.807, 2.05) is 19.9 Å². The lowest BCUT2D eigenvalue weighted by Crippen LogP contribution is -2.10. The maximum atomic E-state index is 12.2. The summed E-state index contributed by atoms with van der Waals surface area (Å²) in [4.78, 5) is 21.0. The molecule has 1 amide bonds.